The van der Waals surface area contributed by atoms with E-state index in [0.717, 1.165) is 5.56 Å². The molecule has 0 aromatic carbocycles. The molecular formula is C16H18N8O4. The number of hydrogen-bond donors (Lipinski definition) is 5. The van der Waals surface area contributed by atoms with Crippen LogP contribution in [0.15, 0.2) is 36.0 Å². The van der Waals surface area contributed by atoms with Crippen molar-refractivity contribution >= 4 is 29.1 Å². The monoisotopic (exact) mass is 386 g/mol. The Morgan fingerprint density at radius 2 is 2.18 bits per heavy atom. The van der Waals surface area contributed by atoms with Crippen LogP contribution in [0.4, 0.5) is 11.8 Å². The van der Waals surface area contributed by atoms with Crippen LogP contribution in [0.2, 0.25) is 0 Å². The van der Waals surface area contributed by atoms with Gasteiger partial charge in [-0.15, -0.1) is 0 Å². The molecule has 12 heteroatoms. The molecule has 3 aromatic rings. The van der Waals surface area contributed by atoms with Gasteiger partial charge in [0.05, 0.1) is 12.8 Å². The number of hydrazone groups is 1. The second kappa shape index (κ2) is 7.44. The molecule has 1 aliphatic heterocycles. The number of hydrogen-bond acceptors (Lipinski definition) is 11. The molecule has 0 bridgehead atoms. The highest BCUT2D eigenvalue weighted by Gasteiger charge is 2.45. The third-order valence-electron chi connectivity index (χ3n) is 4.34. The lowest BCUT2D eigenvalue weighted by Gasteiger charge is -2.18. The Balaban J connectivity index is 1.73. The van der Waals surface area contributed by atoms with E-state index in [9.17, 15) is 15.3 Å². The zero-order valence-electron chi connectivity index (χ0n) is 14.5. The zero-order chi connectivity index (χ0) is 19.7. The molecular weight excluding hydrogens is 368 g/mol. The van der Waals surface area contributed by atoms with Gasteiger partial charge in [0.15, 0.2) is 23.2 Å². The summed E-state index contributed by atoms with van der Waals surface area (Å²) in [6.45, 7) is -0.458. The lowest BCUT2D eigenvalue weighted by atomic mass is 10.1. The molecule has 1 fully saturated rings. The quantitative estimate of drug-likeness (QED) is 0.266. The average Bonchev–Trinajstić information content (AvgIpc) is 3.21. The number of nitrogens with two attached hydrogens (primary N) is 1. The molecule has 4 heterocycles. The maximum absolute atomic E-state index is 10.4. The molecule has 0 radical (unpaired) electrons. The van der Waals surface area contributed by atoms with Gasteiger partial charge in [0.2, 0.25) is 5.95 Å². The normalized spacial score (nSPS) is 25.0. The van der Waals surface area contributed by atoms with Crippen LogP contribution in [-0.2, 0) is 4.74 Å². The van der Waals surface area contributed by atoms with Gasteiger partial charge in [-0.1, -0.05) is 6.07 Å². The Hall–Kier alpha value is -3.19. The summed E-state index contributed by atoms with van der Waals surface area (Å²) in [5, 5.41) is 34.0. The van der Waals surface area contributed by atoms with Crippen molar-refractivity contribution in [2.24, 2.45) is 5.10 Å². The highest BCUT2D eigenvalue weighted by Crippen LogP contribution is 2.35. The van der Waals surface area contributed by atoms with E-state index in [1.165, 1.54) is 17.1 Å². The Labute approximate surface area is 158 Å². The number of fused-ring (bicyclic) bond motifs is 1. The molecule has 0 saturated carbocycles. The van der Waals surface area contributed by atoms with Gasteiger partial charge in [0, 0.05) is 18.0 Å². The van der Waals surface area contributed by atoms with Crippen LogP contribution in [0, 0.1) is 0 Å². The van der Waals surface area contributed by atoms with Gasteiger partial charge in [-0.05, 0) is 6.07 Å². The zero-order valence-corrected chi connectivity index (χ0v) is 14.5. The number of nitrogens with one attached hydrogen (secondary N) is 1. The number of aliphatic hydroxyl groups excluding tert-OH is 3. The minimum Gasteiger partial charge on any atom is -0.394 e. The minimum absolute atomic E-state index is 0.134. The summed E-state index contributed by atoms with van der Waals surface area (Å²) < 4.78 is 7.02. The molecule has 0 amide bonds. The van der Waals surface area contributed by atoms with Crippen LogP contribution in [0.5, 0.6) is 0 Å². The van der Waals surface area contributed by atoms with Crippen molar-refractivity contribution in [1.82, 2.24) is 24.5 Å². The Bertz CT molecular complexity index is 995. The lowest BCUT2D eigenvalue weighted by Crippen LogP contribution is -2.33. The molecule has 3 aromatic heterocycles. The first kappa shape index (κ1) is 18.2. The Kier molecular flexibility index (Phi) is 4.83. The van der Waals surface area contributed by atoms with Crippen LogP contribution in [0.25, 0.3) is 11.2 Å². The Morgan fingerprint density at radius 3 is 2.89 bits per heavy atom. The van der Waals surface area contributed by atoms with Crippen LogP contribution < -0.4 is 11.2 Å². The van der Waals surface area contributed by atoms with E-state index in [4.69, 9.17) is 10.5 Å². The second-order valence-corrected chi connectivity index (χ2v) is 6.12. The summed E-state index contributed by atoms with van der Waals surface area (Å²) in [7, 11) is 0. The molecule has 28 heavy (non-hydrogen) atoms. The predicted octanol–water partition coefficient (Wildman–Crippen LogP) is -1.14. The third-order valence-corrected chi connectivity index (χ3v) is 4.34. The van der Waals surface area contributed by atoms with E-state index < -0.39 is 31.1 Å². The number of aromatic nitrogens is 5. The smallest absolute Gasteiger partial charge is 0.228 e. The van der Waals surface area contributed by atoms with Crippen molar-refractivity contribution in [3.8, 4) is 0 Å². The van der Waals surface area contributed by atoms with E-state index in [0.29, 0.717) is 0 Å². The fourth-order valence-corrected chi connectivity index (χ4v) is 2.96. The van der Waals surface area contributed by atoms with Crippen LogP contribution in [-0.4, -0.2) is 71.0 Å². The first-order valence-corrected chi connectivity index (χ1v) is 8.40. The summed E-state index contributed by atoms with van der Waals surface area (Å²) in [5.74, 6) is 0.298. The molecule has 6 N–H and O–H groups in total. The molecule has 146 valence electrons. The first-order chi connectivity index (χ1) is 13.6. The molecule has 0 aliphatic carbocycles. The van der Waals surface area contributed by atoms with E-state index in [1.807, 2.05) is 6.07 Å². The van der Waals surface area contributed by atoms with Crippen LogP contribution >= 0.6 is 0 Å². The minimum atomic E-state index is -1.33. The number of nitrogen functional groups attached to an aromatic ring is 1. The number of imidazole rings is 1. The number of pyridine rings is 1. The number of anilines is 2. The Morgan fingerprint density at radius 1 is 1.32 bits per heavy atom. The standard InChI is InChI=1S/C16H18N8O4/c17-13-10-14(20-7-19-13)24(15-12(27)11(26)9(6-25)28-15)16(22-10)23-21-5-8-2-1-3-18-4-8/h1-5,7,9,11-12,15,25-27H,6H2,(H,22,23)(H2,17,19,20)/b21-5-/t9-,11+,12+,15+/m0/s1. The summed E-state index contributed by atoms with van der Waals surface area (Å²) >= 11 is 0. The first-order valence-electron chi connectivity index (χ1n) is 8.40. The molecule has 0 spiro atoms. The van der Waals surface area contributed by atoms with Crippen molar-refractivity contribution in [3.05, 3.63) is 36.4 Å². The maximum Gasteiger partial charge on any atom is 0.228 e. The largest absolute Gasteiger partial charge is 0.394 e. The fraction of sp³-hybridized carbons (Fsp3) is 0.312. The number of rotatable bonds is 5. The fourth-order valence-electron chi connectivity index (χ4n) is 2.96. The molecule has 12 nitrogen and oxygen atoms in total. The van der Waals surface area contributed by atoms with Gasteiger partial charge in [-0.3, -0.25) is 9.55 Å². The van der Waals surface area contributed by atoms with E-state index in [2.05, 4.69) is 30.5 Å². The highest BCUT2D eigenvalue weighted by atomic mass is 16.6. The molecule has 1 aliphatic rings. The van der Waals surface area contributed by atoms with Gasteiger partial charge in [0.25, 0.3) is 0 Å². The summed E-state index contributed by atoms with van der Waals surface area (Å²) in [5.41, 5.74) is 9.95. The predicted molar refractivity (Wildman–Crippen MR) is 98.2 cm³/mol. The number of ether oxygens (including phenoxy) is 1. The molecule has 4 rings (SSSR count). The van der Waals surface area contributed by atoms with E-state index in [1.54, 1.807) is 18.5 Å². The lowest BCUT2D eigenvalue weighted by molar-refractivity contribution is -0.0501. The number of nitrogens with zero attached hydrogens (tertiary/aromatic N) is 6. The summed E-state index contributed by atoms with van der Waals surface area (Å²) in [6.07, 6.45) is 1.43. The van der Waals surface area contributed by atoms with E-state index in [-0.39, 0.29) is 22.9 Å². The van der Waals surface area contributed by atoms with Crippen molar-refractivity contribution in [3.63, 3.8) is 0 Å². The summed E-state index contributed by atoms with van der Waals surface area (Å²) in [6, 6.07) is 3.59. The van der Waals surface area contributed by atoms with Crippen molar-refractivity contribution in [1.29, 1.82) is 0 Å². The molecule has 4 atom stereocenters. The van der Waals surface area contributed by atoms with Crippen LogP contribution in [0.1, 0.15) is 11.8 Å². The van der Waals surface area contributed by atoms with Gasteiger partial charge in [-0.2, -0.15) is 5.10 Å². The van der Waals surface area contributed by atoms with Crippen molar-refractivity contribution in [2.75, 3.05) is 17.8 Å². The van der Waals surface area contributed by atoms with Crippen molar-refractivity contribution < 1.29 is 20.1 Å². The SMILES string of the molecule is Nc1ncnc2c1nc(N/N=C\c1cccnc1)n2[C@@H]1O[C@@H](CO)[C@@H](O)[C@H]1O. The average molecular weight is 386 g/mol. The van der Waals surface area contributed by atoms with E-state index >= 15 is 0 Å². The summed E-state index contributed by atoms with van der Waals surface area (Å²) in [4.78, 5) is 16.4. The van der Waals surface area contributed by atoms with Gasteiger partial charge in [0.1, 0.15) is 24.6 Å². The second-order valence-electron chi connectivity index (χ2n) is 6.12. The number of aliphatic hydroxyl groups is 3. The van der Waals surface area contributed by atoms with Crippen LogP contribution in [0.3, 0.4) is 0 Å². The van der Waals surface area contributed by atoms with Crippen molar-refractivity contribution in [2.45, 2.75) is 24.5 Å². The molecule has 0 unspecified atom stereocenters. The van der Waals surface area contributed by atoms with Gasteiger partial charge < -0.3 is 25.8 Å². The topological polar surface area (TPSA) is 177 Å². The van der Waals surface area contributed by atoms with Gasteiger partial charge >= 0.3 is 0 Å². The molecule has 1 saturated heterocycles. The van der Waals surface area contributed by atoms with Gasteiger partial charge in [-0.25, -0.2) is 20.4 Å². The highest BCUT2D eigenvalue weighted by molar-refractivity contribution is 5.84. The maximum atomic E-state index is 10.4. The third kappa shape index (κ3) is 3.14.